The summed E-state index contributed by atoms with van der Waals surface area (Å²) in [7, 11) is 0. The summed E-state index contributed by atoms with van der Waals surface area (Å²) in [6, 6.07) is 10.2. The normalized spacial score (nSPS) is 11.1. The van der Waals surface area contributed by atoms with Crippen molar-refractivity contribution in [3.8, 4) is 0 Å². The fourth-order valence-electron chi connectivity index (χ4n) is 1.57. The van der Waals surface area contributed by atoms with Crippen molar-refractivity contribution in [1.82, 2.24) is 15.2 Å². The largest absolute Gasteiger partial charge is 0.365 e. The average Bonchev–Trinajstić information content (AvgIpc) is 2.36. The van der Waals surface area contributed by atoms with Crippen LogP contribution in [-0.2, 0) is 6.54 Å². The molecule has 1 aromatic heterocycles. The van der Waals surface area contributed by atoms with Gasteiger partial charge in [-0.3, -0.25) is 0 Å². The van der Waals surface area contributed by atoms with Gasteiger partial charge < -0.3 is 10.6 Å². The summed E-state index contributed by atoms with van der Waals surface area (Å²) >= 11 is 0. The minimum absolute atomic E-state index is 0.0836. The fourth-order valence-corrected chi connectivity index (χ4v) is 1.57. The fraction of sp³-hybridized carbons (Fsp3) is 0.357. The number of hydrogen-bond donors (Lipinski definition) is 2. The number of anilines is 2. The molecule has 5 nitrogen and oxygen atoms in total. The van der Waals surface area contributed by atoms with Crippen molar-refractivity contribution in [2.75, 3.05) is 10.6 Å². The van der Waals surface area contributed by atoms with Crippen LogP contribution in [0.4, 0.5) is 11.8 Å². The van der Waals surface area contributed by atoms with Crippen molar-refractivity contribution in [2.45, 2.75) is 32.9 Å². The lowest BCUT2D eigenvalue weighted by atomic mass is 10.1. The second-order valence-electron chi connectivity index (χ2n) is 5.38. The highest BCUT2D eigenvalue weighted by molar-refractivity contribution is 5.38. The topological polar surface area (TPSA) is 62.7 Å². The molecule has 0 aliphatic carbocycles. The Morgan fingerprint density at radius 2 is 1.84 bits per heavy atom. The first-order valence-electron chi connectivity index (χ1n) is 6.29. The van der Waals surface area contributed by atoms with Crippen LogP contribution in [0.25, 0.3) is 0 Å². The molecule has 19 heavy (non-hydrogen) atoms. The molecule has 0 fully saturated rings. The second-order valence-corrected chi connectivity index (χ2v) is 5.38. The van der Waals surface area contributed by atoms with Gasteiger partial charge >= 0.3 is 0 Å². The first-order valence-corrected chi connectivity index (χ1v) is 6.29. The molecule has 0 saturated heterocycles. The summed E-state index contributed by atoms with van der Waals surface area (Å²) in [6.45, 7) is 6.88. The highest BCUT2D eigenvalue weighted by Gasteiger charge is 2.11. The summed E-state index contributed by atoms with van der Waals surface area (Å²) in [5.74, 6) is 1.25. The van der Waals surface area contributed by atoms with Gasteiger partial charge in [0.25, 0.3) is 0 Å². The summed E-state index contributed by atoms with van der Waals surface area (Å²) in [5.41, 5.74) is 1.12. The van der Waals surface area contributed by atoms with E-state index in [2.05, 4.69) is 58.7 Å². The van der Waals surface area contributed by atoms with Crippen LogP contribution in [-0.4, -0.2) is 20.7 Å². The highest BCUT2D eigenvalue weighted by atomic mass is 15.3. The summed E-state index contributed by atoms with van der Waals surface area (Å²) in [6.07, 6.45) is 1.62. The molecule has 0 aliphatic rings. The first-order chi connectivity index (χ1) is 9.03. The quantitative estimate of drug-likeness (QED) is 0.881. The van der Waals surface area contributed by atoms with Gasteiger partial charge in [-0.2, -0.15) is 10.1 Å². The van der Waals surface area contributed by atoms with Gasteiger partial charge in [0.2, 0.25) is 5.95 Å². The van der Waals surface area contributed by atoms with Crippen LogP contribution >= 0.6 is 0 Å². The van der Waals surface area contributed by atoms with Gasteiger partial charge in [-0.15, -0.1) is 5.10 Å². The van der Waals surface area contributed by atoms with Crippen LogP contribution in [0.2, 0.25) is 0 Å². The van der Waals surface area contributed by atoms with Crippen molar-refractivity contribution < 1.29 is 0 Å². The van der Waals surface area contributed by atoms with Crippen LogP contribution in [0.5, 0.6) is 0 Å². The van der Waals surface area contributed by atoms with E-state index in [1.807, 2.05) is 18.2 Å². The Morgan fingerprint density at radius 1 is 1.11 bits per heavy atom. The minimum Gasteiger partial charge on any atom is -0.365 e. The SMILES string of the molecule is CC(C)(C)Nc1nncc(NCc2ccccc2)n1. The number of benzene rings is 1. The summed E-state index contributed by atoms with van der Waals surface area (Å²) < 4.78 is 0. The molecule has 0 aliphatic heterocycles. The third kappa shape index (κ3) is 4.54. The molecular weight excluding hydrogens is 238 g/mol. The molecule has 0 saturated carbocycles. The number of rotatable bonds is 4. The third-order valence-electron chi connectivity index (χ3n) is 2.36. The van der Waals surface area contributed by atoms with Crippen molar-refractivity contribution in [3.05, 3.63) is 42.1 Å². The van der Waals surface area contributed by atoms with Crippen LogP contribution in [0.15, 0.2) is 36.5 Å². The highest BCUT2D eigenvalue weighted by Crippen LogP contribution is 2.11. The van der Waals surface area contributed by atoms with Crippen molar-refractivity contribution >= 4 is 11.8 Å². The van der Waals surface area contributed by atoms with E-state index in [9.17, 15) is 0 Å². The second kappa shape index (κ2) is 5.65. The van der Waals surface area contributed by atoms with E-state index in [4.69, 9.17) is 0 Å². The molecule has 2 aromatic rings. The standard InChI is InChI=1S/C14H19N5/c1-14(2,3)18-13-17-12(10-16-19-13)15-9-11-7-5-4-6-8-11/h4-8,10H,9H2,1-3H3,(H2,15,17,18,19). The van der Waals surface area contributed by atoms with Gasteiger partial charge in [0.1, 0.15) is 0 Å². The van der Waals surface area contributed by atoms with Crippen molar-refractivity contribution in [2.24, 2.45) is 0 Å². The van der Waals surface area contributed by atoms with Crippen LogP contribution in [0, 0.1) is 0 Å². The van der Waals surface area contributed by atoms with Crippen molar-refractivity contribution in [1.29, 1.82) is 0 Å². The molecule has 2 rings (SSSR count). The Labute approximate surface area is 113 Å². The zero-order chi connectivity index (χ0) is 13.7. The van der Waals surface area contributed by atoms with Crippen LogP contribution < -0.4 is 10.6 Å². The molecule has 0 radical (unpaired) electrons. The maximum Gasteiger partial charge on any atom is 0.245 e. The van der Waals surface area contributed by atoms with E-state index in [0.29, 0.717) is 18.3 Å². The van der Waals surface area contributed by atoms with Crippen LogP contribution in [0.1, 0.15) is 26.3 Å². The van der Waals surface area contributed by atoms with E-state index >= 15 is 0 Å². The first kappa shape index (κ1) is 13.3. The molecule has 2 N–H and O–H groups in total. The monoisotopic (exact) mass is 257 g/mol. The van der Waals surface area contributed by atoms with E-state index in [1.54, 1.807) is 6.20 Å². The number of nitrogens with one attached hydrogen (secondary N) is 2. The zero-order valence-electron chi connectivity index (χ0n) is 11.5. The molecule has 0 amide bonds. The van der Waals surface area contributed by atoms with Crippen LogP contribution in [0.3, 0.4) is 0 Å². The molecule has 1 aromatic carbocycles. The zero-order valence-corrected chi connectivity index (χ0v) is 11.5. The summed E-state index contributed by atoms with van der Waals surface area (Å²) in [4.78, 5) is 4.38. The maximum atomic E-state index is 4.38. The van der Waals surface area contributed by atoms with Gasteiger partial charge in [0.05, 0.1) is 6.20 Å². The van der Waals surface area contributed by atoms with Gasteiger partial charge in [-0.1, -0.05) is 30.3 Å². The molecular formula is C14H19N5. The predicted octanol–water partition coefficient (Wildman–Crippen LogP) is 2.69. The van der Waals surface area contributed by atoms with Gasteiger partial charge in [0, 0.05) is 12.1 Å². The van der Waals surface area contributed by atoms with E-state index in [1.165, 1.54) is 5.56 Å². The summed E-state index contributed by atoms with van der Waals surface area (Å²) in [5, 5.41) is 14.3. The van der Waals surface area contributed by atoms with Crippen molar-refractivity contribution in [3.63, 3.8) is 0 Å². The molecule has 0 unspecified atom stereocenters. The third-order valence-corrected chi connectivity index (χ3v) is 2.36. The Bertz CT molecular complexity index is 519. The molecule has 0 atom stereocenters. The minimum atomic E-state index is -0.0836. The van der Waals surface area contributed by atoms with Gasteiger partial charge in [-0.25, -0.2) is 0 Å². The predicted molar refractivity (Wildman–Crippen MR) is 77.0 cm³/mol. The lowest BCUT2D eigenvalue weighted by Crippen LogP contribution is -2.27. The number of aromatic nitrogens is 3. The molecule has 0 spiro atoms. The molecule has 5 heteroatoms. The van der Waals surface area contributed by atoms with E-state index in [-0.39, 0.29) is 5.54 Å². The maximum absolute atomic E-state index is 4.38. The van der Waals surface area contributed by atoms with E-state index in [0.717, 1.165) is 0 Å². The van der Waals surface area contributed by atoms with Gasteiger partial charge in [0.15, 0.2) is 5.82 Å². The lowest BCUT2D eigenvalue weighted by Gasteiger charge is -2.20. The lowest BCUT2D eigenvalue weighted by molar-refractivity contribution is 0.623. The Balaban J connectivity index is 1.99. The van der Waals surface area contributed by atoms with E-state index < -0.39 is 0 Å². The average molecular weight is 257 g/mol. The Kier molecular flexibility index (Phi) is 3.94. The number of hydrogen-bond acceptors (Lipinski definition) is 5. The Hall–Kier alpha value is -2.17. The van der Waals surface area contributed by atoms with Gasteiger partial charge in [-0.05, 0) is 26.3 Å². The molecule has 0 bridgehead atoms. The number of nitrogens with zero attached hydrogens (tertiary/aromatic N) is 3. The molecule has 100 valence electrons. The Morgan fingerprint density at radius 3 is 2.53 bits per heavy atom. The smallest absolute Gasteiger partial charge is 0.245 e. The molecule has 1 heterocycles.